The SMILES string of the molecule is COc1ccccc1N1CCN(CC(=O)Nc2ccc(C(N)=O)cc2)C1=O. The summed E-state index contributed by atoms with van der Waals surface area (Å²) < 4.78 is 5.30. The fourth-order valence-electron chi connectivity index (χ4n) is 2.90. The number of anilines is 2. The number of hydrogen-bond acceptors (Lipinski definition) is 4. The number of benzene rings is 2. The first-order valence-electron chi connectivity index (χ1n) is 8.39. The summed E-state index contributed by atoms with van der Waals surface area (Å²) in [4.78, 5) is 39.0. The number of amides is 4. The molecule has 0 spiro atoms. The molecule has 0 atom stereocenters. The molecule has 2 aromatic carbocycles. The van der Waals surface area contributed by atoms with Gasteiger partial charge in [0.25, 0.3) is 0 Å². The largest absolute Gasteiger partial charge is 0.495 e. The molecule has 1 aliphatic heterocycles. The molecule has 2 aromatic rings. The molecule has 8 heteroatoms. The molecular formula is C19H20N4O4. The molecular weight excluding hydrogens is 348 g/mol. The number of methoxy groups -OCH3 is 1. The van der Waals surface area contributed by atoms with E-state index >= 15 is 0 Å². The summed E-state index contributed by atoms with van der Waals surface area (Å²) in [6.45, 7) is 0.840. The van der Waals surface area contributed by atoms with Gasteiger partial charge in [0.05, 0.1) is 12.8 Å². The van der Waals surface area contributed by atoms with Crippen molar-refractivity contribution in [2.24, 2.45) is 5.73 Å². The molecule has 27 heavy (non-hydrogen) atoms. The summed E-state index contributed by atoms with van der Waals surface area (Å²) in [5.41, 5.74) is 6.75. The molecule has 1 saturated heterocycles. The fourth-order valence-corrected chi connectivity index (χ4v) is 2.90. The number of nitrogens with two attached hydrogens (primary N) is 1. The highest BCUT2D eigenvalue weighted by atomic mass is 16.5. The predicted molar refractivity (Wildman–Crippen MR) is 101 cm³/mol. The van der Waals surface area contributed by atoms with Gasteiger partial charge in [-0.05, 0) is 36.4 Å². The van der Waals surface area contributed by atoms with E-state index in [0.29, 0.717) is 35.8 Å². The number of carbonyl (C=O) groups is 3. The Morgan fingerprint density at radius 2 is 1.81 bits per heavy atom. The van der Waals surface area contributed by atoms with Gasteiger partial charge in [-0.1, -0.05) is 12.1 Å². The zero-order chi connectivity index (χ0) is 19.4. The van der Waals surface area contributed by atoms with E-state index in [1.807, 2.05) is 12.1 Å². The average Bonchev–Trinajstić information content (AvgIpc) is 3.02. The zero-order valence-electron chi connectivity index (χ0n) is 14.8. The third-order valence-corrected chi connectivity index (χ3v) is 4.26. The van der Waals surface area contributed by atoms with Crippen molar-refractivity contribution in [1.82, 2.24) is 4.90 Å². The van der Waals surface area contributed by atoms with Gasteiger partial charge < -0.3 is 20.7 Å². The molecule has 0 aromatic heterocycles. The first kappa shape index (κ1) is 18.2. The van der Waals surface area contributed by atoms with Crippen molar-refractivity contribution < 1.29 is 19.1 Å². The monoisotopic (exact) mass is 368 g/mol. The predicted octanol–water partition coefficient (Wildman–Crippen LogP) is 1.67. The maximum atomic E-state index is 12.6. The minimum atomic E-state index is -0.535. The molecule has 3 N–H and O–H groups in total. The van der Waals surface area contributed by atoms with Crippen LogP contribution in [0.3, 0.4) is 0 Å². The number of nitrogens with one attached hydrogen (secondary N) is 1. The Morgan fingerprint density at radius 3 is 2.48 bits per heavy atom. The molecule has 0 unspecified atom stereocenters. The van der Waals surface area contributed by atoms with E-state index in [0.717, 1.165) is 0 Å². The summed E-state index contributed by atoms with van der Waals surface area (Å²) in [5.74, 6) is -0.254. The van der Waals surface area contributed by atoms with Crippen molar-refractivity contribution in [3.8, 4) is 5.75 Å². The van der Waals surface area contributed by atoms with E-state index in [1.165, 1.54) is 17.0 Å². The van der Waals surface area contributed by atoms with Crippen LogP contribution < -0.4 is 20.7 Å². The lowest BCUT2D eigenvalue weighted by molar-refractivity contribution is -0.116. The standard InChI is InChI=1S/C19H20N4O4/c1-27-16-5-3-2-4-15(16)23-11-10-22(19(23)26)12-17(24)21-14-8-6-13(7-9-14)18(20)25/h2-9H,10-12H2,1H3,(H2,20,25)(H,21,24). The molecule has 0 radical (unpaired) electrons. The second-order valence-corrected chi connectivity index (χ2v) is 6.02. The van der Waals surface area contributed by atoms with Gasteiger partial charge >= 0.3 is 6.03 Å². The Hall–Kier alpha value is -3.55. The third-order valence-electron chi connectivity index (χ3n) is 4.26. The van der Waals surface area contributed by atoms with Crippen molar-refractivity contribution in [1.29, 1.82) is 0 Å². The normalized spacial score (nSPS) is 13.6. The molecule has 0 saturated carbocycles. The van der Waals surface area contributed by atoms with Crippen LogP contribution in [0.4, 0.5) is 16.2 Å². The van der Waals surface area contributed by atoms with Gasteiger partial charge in [-0.3, -0.25) is 14.5 Å². The number of nitrogens with zero attached hydrogens (tertiary/aromatic N) is 2. The van der Waals surface area contributed by atoms with Crippen molar-refractivity contribution in [2.75, 3.05) is 37.0 Å². The van der Waals surface area contributed by atoms with Crippen LogP contribution in [0.2, 0.25) is 0 Å². The van der Waals surface area contributed by atoms with Crippen LogP contribution in [0, 0.1) is 0 Å². The molecule has 0 bridgehead atoms. The lowest BCUT2D eigenvalue weighted by atomic mass is 10.2. The van der Waals surface area contributed by atoms with Crippen molar-refractivity contribution in [2.45, 2.75) is 0 Å². The van der Waals surface area contributed by atoms with Gasteiger partial charge in [0.2, 0.25) is 11.8 Å². The summed E-state index contributed by atoms with van der Waals surface area (Å²) in [5, 5.41) is 2.70. The van der Waals surface area contributed by atoms with Gasteiger partial charge in [-0.25, -0.2) is 4.79 Å². The van der Waals surface area contributed by atoms with Crippen LogP contribution in [-0.2, 0) is 4.79 Å². The number of hydrogen-bond donors (Lipinski definition) is 2. The smallest absolute Gasteiger partial charge is 0.325 e. The molecule has 140 valence electrons. The number of primary amides is 1. The van der Waals surface area contributed by atoms with Gasteiger partial charge in [-0.2, -0.15) is 0 Å². The summed E-state index contributed by atoms with van der Waals surface area (Å²) in [7, 11) is 1.55. The topological polar surface area (TPSA) is 105 Å². The molecule has 1 fully saturated rings. The second-order valence-electron chi connectivity index (χ2n) is 6.02. The van der Waals surface area contributed by atoms with Gasteiger partial charge in [0.15, 0.2) is 0 Å². The van der Waals surface area contributed by atoms with Crippen LogP contribution in [0.25, 0.3) is 0 Å². The number of para-hydroxylation sites is 2. The number of rotatable bonds is 6. The van der Waals surface area contributed by atoms with Gasteiger partial charge in [0, 0.05) is 24.3 Å². The Balaban J connectivity index is 1.62. The maximum Gasteiger partial charge on any atom is 0.325 e. The van der Waals surface area contributed by atoms with Crippen LogP contribution in [0.5, 0.6) is 5.75 Å². The van der Waals surface area contributed by atoms with Crippen molar-refractivity contribution in [3.63, 3.8) is 0 Å². The Kier molecular flexibility index (Phi) is 5.25. The first-order chi connectivity index (χ1) is 13.0. The zero-order valence-corrected chi connectivity index (χ0v) is 14.8. The fraction of sp³-hybridized carbons (Fsp3) is 0.211. The summed E-state index contributed by atoms with van der Waals surface area (Å²) in [6.07, 6.45) is 0. The number of carbonyl (C=O) groups excluding carboxylic acids is 3. The number of ether oxygens (including phenoxy) is 1. The second kappa shape index (κ2) is 7.77. The Bertz CT molecular complexity index is 866. The molecule has 4 amide bonds. The van der Waals surface area contributed by atoms with E-state index in [-0.39, 0.29) is 18.5 Å². The molecule has 3 rings (SSSR count). The van der Waals surface area contributed by atoms with E-state index in [2.05, 4.69) is 5.32 Å². The Labute approximate surface area is 156 Å². The van der Waals surface area contributed by atoms with E-state index in [1.54, 1.807) is 36.3 Å². The van der Waals surface area contributed by atoms with Crippen LogP contribution in [0.15, 0.2) is 48.5 Å². The molecule has 0 aliphatic carbocycles. The lowest BCUT2D eigenvalue weighted by Gasteiger charge is -2.20. The molecule has 1 aliphatic rings. The minimum Gasteiger partial charge on any atom is -0.495 e. The van der Waals surface area contributed by atoms with Crippen LogP contribution >= 0.6 is 0 Å². The summed E-state index contributed by atoms with van der Waals surface area (Å²) >= 11 is 0. The van der Waals surface area contributed by atoms with Crippen LogP contribution in [0.1, 0.15) is 10.4 Å². The van der Waals surface area contributed by atoms with Crippen molar-refractivity contribution >= 4 is 29.2 Å². The van der Waals surface area contributed by atoms with E-state index in [9.17, 15) is 14.4 Å². The number of urea groups is 1. The van der Waals surface area contributed by atoms with E-state index in [4.69, 9.17) is 10.5 Å². The molecule has 1 heterocycles. The lowest BCUT2D eigenvalue weighted by Crippen LogP contribution is -2.37. The highest BCUT2D eigenvalue weighted by Crippen LogP contribution is 2.30. The highest BCUT2D eigenvalue weighted by molar-refractivity contribution is 6.00. The quantitative estimate of drug-likeness (QED) is 0.809. The summed E-state index contributed by atoms with van der Waals surface area (Å²) in [6, 6.07) is 13.2. The third kappa shape index (κ3) is 4.00. The van der Waals surface area contributed by atoms with Gasteiger partial charge in [-0.15, -0.1) is 0 Å². The first-order valence-corrected chi connectivity index (χ1v) is 8.39. The van der Waals surface area contributed by atoms with Gasteiger partial charge in [0.1, 0.15) is 12.3 Å². The van der Waals surface area contributed by atoms with Crippen molar-refractivity contribution in [3.05, 3.63) is 54.1 Å². The maximum absolute atomic E-state index is 12.6. The Morgan fingerprint density at radius 1 is 1.11 bits per heavy atom. The van der Waals surface area contributed by atoms with E-state index < -0.39 is 5.91 Å². The molecule has 8 nitrogen and oxygen atoms in total. The highest BCUT2D eigenvalue weighted by Gasteiger charge is 2.32. The average molecular weight is 368 g/mol. The van der Waals surface area contributed by atoms with Crippen LogP contribution in [-0.4, -0.2) is 49.5 Å². The minimum absolute atomic E-state index is 0.0674.